The van der Waals surface area contributed by atoms with Crippen molar-refractivity contribution in [2.75, 3.05) is 25.2 Å². The molecule has 2 atom stereocenters. The van der Waals surface area contributed by atoms with E-state index in [2.05, 4.69) is 21.2 Å². The molecular formula is C12H20N4O2S. The minimum absolute atomic E-state index is 0.0810. The molecule has 2 N–H and O–H groups in total. The van der Waals surface area contributed by atoms with Crippen molar-refractivity contribution >= 4 is 22.6 Å². The molecule has 1 aliphatic heterocycles. The first-order valence-corrected chi connectivity index (χ1v) is 7.26. The molecule has 7 heteroatoms. The van der Waals surface area contributed by atoms with E-state index in [9.17, 15) is 4.79 Å². The van der Waals surface area contributed by atoms with Crippen LogP contribution in [0.5, 0.6) is 0 Å². The van der Waals surface area contributed by atoms with Gasteiger partial charge < -0.3 is 15.4 Å². The fraction of sp³-hybridized carbons (Fsp3) is 0.750. The number of primary amides is 1. The topological polar surface area (TPSA) is 81.3 Å². The van der Waals surface area contributed by atoms with Gasteiger partial charge in [0.15, 0.2) is 0 Å². The van der Waals surface area contributed by atoms with Gasteiger partial charge in [-0.15, -0.1) is 0 Å². The van der Waals surface area contributed by atoms with E-state index >= 15 is 0 Å². The quantitative estimate of drug-likeness (QED) is 0.865. The molecule has 1 fully saturated rings. The molecule has 0 aliphatic carbocycles. The maximum Gasteiger partial charge on any atom is 0.222 e. The average Bonchev–Trinajstić information content (AvgIpc) is 2.85. The summed E-state index contributed by atoms with van der Waals surface area (Å²) in [5, 5.41) is 0.879. The second-order valence-electron chi connectivity index (χ2n) is 4.91. The fourth-order valence-electron chi connectivity index (χ4n) is 2.26. The van der Waals surface area contributed by atoms with Gasteiger partial charge in [-0.2, -0.15) is 4.37 Å². The first-order chi connectivity index (χ1) is 9.11. The molecule has 1 aliphatic rings. The lowest BCUT2D eigenvalue weighted by atomic mass is 9.93. The van der Waals surface area contributed by atoms with Crippen LogP contribution in [0.3, 0.4) is 0 Å². The molecule has 1 aromatic heterocycles. The molecule has 19 heavy (non-hydrogen) atoms. The summed E-state index contributed by atoms with van der Waals surface area (Å²) in [6.07, 6.45) is 2.54. The lowest BCUT2D eigenvalue weighted by Gasteiger charge is -2.36. The maximum atomic E-state index is 11.3. The van der Waals surface area contributed by atoms with Crippen molar-refractivity contribution in [1.29, 1.82) is 0 Å². The van der Waals surface area contributed by atoms with Crippen LogP contribution in [0.25, 0.3) is 0 Å². The minimum Gasteiger partial charge on any atom is -0.384 e. The van der Waals surface area contributed by atoms with Crippen molar-refractivity contribution in [1.82, 2.24) is 9.36 Å². The Morgan fingerprint density at radius 1 is 1.58 bits per heavy atom. The van der Waals surface area contributed by atoms with Crippen LogP contribution < -0.4 is 10.6 Å². The van der Waals surface area contributed by atoms with E-state index in [1.165, 1.54) is 11.5 Å². The number of carbonyl (C=O) groups excluding carboxylic acids is 1. The summed E-state index contributed by atoms with van der Waals surface area (Å²) in [6.45, 7) is 3.42. The largest absolute Gasteiger partial charge is 0.384 e. The number of piperidine rings is 1. The molecule has 1 amide bonds. The van der Waals surface area contributed by atoms with Gasteiger partial charge >= 0.3 is 0 Å². The smallest absolute Gasteiger partial charge is 0.222 e. The highest BCUT2D eigenvalue weighted by Gasteiger charge is 2.30. The standard InChI is InChI=1S/C12H20N4O2S/c1-8-3-4-9(11(13)17)7-16(8)12-14-10(15-19-12)5-6-18-2/h8-9H,3-7H2,1-2H3,(H2,13,17). The molecule has 106 valence electrons. The molecule has 6 nitrogen and oxygen atoms in total. The maximum absolute atomic E-state index is 11.3. The molecule has 0 bridgehead atoms. The number of aromatic nitrogens is 2. The molecule has 2 rings (SSSR count). The van der Waals surface area contributed by atoms with Crippen LogP contribution in [0.2, 0.25) is 0 Å². The minimum atomic E-state index is -0.221. The van der Waals surface area contributed by atoms with E-state index in [-0.39, 0.29) is 11.8 Å². The molecule has 1 saturated heterocycles. The van der Waals surface area contributed by atoms with Gasteiger partial charge in [0.25, 0.3) is 0 Å². The molecule has 1 aromatic rings. The van der Waals surface area contributed by atoms with Gasteiger partial charge in [0, 0.05) is 37.6 Å². The molecule has 0 saturated carbocycles. The number of nitrogens with zero attached hydrogens (tertiary/aromatic N) is 3. The Balaban J connectivity index is 2.05. The van der Waals surface area contributed by atoms with Gasteiger partial charge in [-0.3, -0.25) is 4.79 Å². The lowest BCUT2D eigenvalue weighted by molar-refractivity contribution is -0.122. The molecule has 2 unspecified atom stereocenters. The summed E-state index contributed by atoms with van der Waals surface area (Å²) >= 11 is 1.38. The van der Waals surface area contributed by atoms with Gasteiger partial charge in [0.1, 0.15) is 5.82 Å². The predicted octanol–water partition coefficient (Wildman–Crippen LogP) is 0.817. The Kier molecular flexibility index (Phi) is 4.71. The normalized spacial score (nSPS) is 23.6. The first kappa shape index (κ1) is 14.2. The first-order valence-electron chi connectivity index (χ1n) is 6.49. The van der Waals surface area contributed by atoms with Crippen molar-refractivity contribution in [3.63, 3.8) is 0 Å². The molecule has 0 spiro atoms. The number of hydrogen-bond acceptors (Lipinski definition) is 6. The number of amides is 1. The van der Waals surface area contributed by atoms with Crippen LogP contribution in [0.1, 0.15) is 25.6 Å². The van der Waals surface area contributed by atoms with E-state index in [0.29, 0.717) is 25.6 Å². The van der Waals surface area contributed by atoms with E-state index < -0.39 is 0 Å². The summed E-state index contributed by atoms with van der Waals surface area (Å²) in [5.41, 5.74) is 5.41. The SMILES string of the molecule is COCCc1nsc(N2CC(C(N)=O)CCC2C)n1. The van der Waals surface area contributed by atoms with E-state index in [1.807, 2.05) is 0 Å². The third-order valence-electron chi connectivity index (χ3n) is 3.52. The van der Waals surface area contributed by atoms with E-state index in [1.54, 1.807) is 7.11 Å². The molecule has 0 aromatic carbocycles. The van der Waals surface area contributed by atoms with E-state index in [4.69, 9.17) is 10.5 Å². The van der Waals surface area contributed by atoms with Crippen LogP contribution in [0.4, 0.5) is 5.13 Å². The number of methoxy groups -OCH3 is 1. The Hall–Kier alpha value is -1.21. The van der Waals surface area contributed by atoms with Crippen molar-refractivity contribution < 1.29 is 9.53 Å². The highest BCUT2D eigenvalue weighted by Crippen LogP contribution is 2.28. The van der Waals surface area contributed by atoms with Gasteiger partial charge in [-0.05, 0) is 19.8 Å². The van der Waals surface area contributed by atoms with E-state index in [0.717, 1.165) is 23.8 Å². The highest BCUT2D eigenvalue weighted by atomic mass is 32.1. The van der Waals surface area contributed by atoms with Gasteiger partial charge in [-0.25, -0.2) is 4.98 Å². The van der Waals surface area contributed by atoms with Crippen LogP contribution in [-0.4, -0.2) is 41.6 Å². The Morgan fingerprint density at radius 3 is 3.05 bits per heavy atom. The number of carbonyl (C=O) groups is 1. The van der Waals surface area contributed by atoms with Crippen molar-refractivity contribution in [3.8, 4) is 0 Å². The molecule has 0 radical (unpaired) electrons. The van der Waals surface area contributed by atoms with Crippen LogP contribution in [0, 0.1) is 5.92 Å². The average molecular weight is 284 g/mol. The predicted molar refractivity (Wildman–Crippen MR) is 74.2 cm³/mol. The summed E-state index contributed by atoms with van der Waals surface area (Å²) in [6, 6.07) is 0.374. The fourth-order valence-corrected chi connectivity index (χ4v) is 3.09. The number of rotatable bonds is 5. The third kappa shape index (κ3) is 3.42. The van der Waals surface area contributed by atoms with Gasteiger partial charge in [0.05, 0.1) is 12.5 Å². The zero-order valence-electron chi connectivity index (χ0n) is 11.3. The number of ether oxygens (including phenoxy) is 1. The van der Waals surface area contributed by atoms with Gasteiger partial charge in [0.2, 0.25) is 11.0 Å². The monoisotopic (exact) mass is 284 g/mol. The summed E-state index contributed by atoms with van der Waals surface area (Å²) in [4.78, 5) is 18.0. The Labute approximate surface area is 117 Å². The van der Waals surface area contributed by atoms with Crippen molar-refractivity contribution in [3.05, 3.63) is 5.82 Å². The zero-order valence-corrected chi connectivity index (χ0v) is 12.2. The molecule has 2 heterocycles. The van der Waals surface area contributed by atoms with Crippen LogP contribution in [0.15, 0.2) is 0 Å². The number of anilines is 1. The van der Waals surface area contributed by atoms with Crippen LogP contribution in [-0.2, 0) is 16.0 Å². The van der Waals surface area contributed by atoms with Crippen LogP contribution >= 0.6 is 11.5 Å². The second kappa shape index (κ2) is 6.29. The number of hydrogen-bond donors (Lipinski definition) is 1. The lowest BCUT2D eigenvalue weighted by Crippen LogP contribution is -2.45. The second-order valence-corrected chi connectivity index (χ2v) is 5.64. The summed E-state index contributed by atoms with van der Waals surface area (Å²) in [7, 11) is 1.66. The molecular weight excluding hydrogens is 264 g/mol. The highest BCUT2D eigenvalue weighted by molar-refractivity contribution is 7.09. The number of nitrogens with two attached hydrogens (primary N) is 1. The Bertz CT molecular complexity index is 437. The third-order valence-corrected chi connectivity index (χ3v) is 4.31. The van der Waals surface area contributed by atoms with Gasteiger partial charge in [-0.1, -0.05) is 0 Å². The van der Waals surface area contributed by atoms with Crippen molar-refractivity contribution in [2.45, 2.75) is 32.2 Å². The Morgan fingerprint density at radius 2 is 2.37 bits per heavy atom. The summed E-state index contributed by atoms with van der Waals surface area (Å²) < 4.78 is 9.35. The summed E-state index contributed by atoms with van der Waals surface area (Å²) in [5.74, 6) is 0.499. The van der Waals surface area contributed by atoms with Crippen molar-refractivity contribution in [2.24, 2.45) is 11.7 Å². The zero-order chi connectivity index (χ0) is 13.8.